The van der Waals surface area contributed by atoms with Crippen molar-refractivity contribution in [3.05, 3.63) is 51.3 Å². The van der Waals surface area contributed by atoms with E-state index in [2.05, 4.69) is 19.7 Å². The van der Waals surface area contributed by atoms with Crippen molar-refractivity contribution >= 4 is 21.1 Å². The van der Waals surface area contributed by atoms with Crippen LogP contribution in [-0.2, 0) is 30.0 Å². The number of rotatable bonds is 4. The van der Waals surface area contributed by atoms with Crippen LogP contribution in [0.4, 0.5) is 0 Å². The summed E-state index contributed by atoms with van der Waals surface area (Å²) >= 11 is 0. The third-order valence-electron chi connectivity index (χ3n) is 4.83. The van der Waals surface area contributed by atoms with Crippen LogP contribution in [0.25, 0.3) is 11.0 Å². The predicted molar refractivity (Wildman–Crippen MR) is 96.8 cm³/mol. The Kier molecular flexibility index (Phi) is 4.19. The van der Waals surface area contributed by atoms with Gasteiger partial charge in [-0.3, -0.25) is 14.3 Å². The number of pyridine rings is 1. The maximum atomic E-state index is 12.6. The zero-order chi connectivity index (χ0) is 19.2. The Bertz CT molecular complexity index is 1240. The highest BCUT2D eigenvalue weighted by molar-refractivity contribution is 7.89. The summed E-state index contributed by atoms with van der Waals surface area (Å²) in [4.78, 5) is 33.9. The molecular weight excluding hydrogens is 372 g/mol. The van der Waals surface area contributed by atoms with Crippen molar-refractivity contribution in [2.45, 2.75) is 24.3 Å². The SMILES string of the molecule is Cn1c(=O)[nH]c(=O)c2cc(S(=O)(=O)NC[C@H]3CCc4nccn4C3)cnc21. The minimum atomic E-state index is -3.83. The number of nitrogens with zero attached hydrogens (tertiary/aromatic N) is 4. The number of hydrogen-bond donors (Lipinski definition) is 2. The molecule has 27 heavy (non-hydrogen) atoms. The standard InChI is InChI=1S/C16H18N6O4S/c1-21-14-12(15(23)20-16(21)24)6-11(8-18-14)27(25,26)19-7-10-2-3-13-17-4-5-22(13)9-10/h4-6,8,10,19H,2-3,7,9H2,1H3,(H,20,23,24)/t10-/m1/s1. The molecule has 4 rings (SSSR count). The van der Waals surface area contributed by atoms with E-state index in [9.17, 15) is 18.0 Å². The molecule has 3 aromatic rings. The summed E-state index contributed by atoms with van der Waals surface area (Å²) in [6, 6.07) is 1.23. The van der Waals surface area contributed by atoms with Crippen molar-refractivity contribution in [1.29, 1.82) is 0 Å². The zero-order valence-electron chi connectivity index (χ0n) is 14.5. The first-order valence-electron chi connectivity index (χ1n) is 8.44. The minimum Gasteiger partial charge on any atom is -0.335 e. The normalized spacial score (nSPS) is 17.1. The van der Waals surface area contributed by atoms with E-state index in [-0.39, 0.29) is 28.4 Å². The molecule has 4 heterocycles. The molecule has 0 saturated carbocycles. The van der Waals surface area contributed by atoms with Crippen LogP contribution in [0.1, 0.15) is 12.2 Å². The summed E-state index contributed by atoms with van der Waals surface area (Å²) in [6.07, 6.45) is 6.43. The summed E-state index contributed by atoms with van der Waals surface area (Å²) in [7, 11) is -2.38. The third kappa shape index (κ3) is 3.19. The van der Waals surface area contributed by atoms with Gasteiger partial charge in [0.25, 0.3) is 5.56 Å². The van der Waals surface area contributed by atoms with Crippen LogP contribution in [0.3, 0.4) is 0 Å². The Morgan fingerprint density at radius 1 is 1.33 bits per heavy atom. The molecule has 0 unspecified atom stereocenters. The molecule has 1 atom stereocenters. The van der Waals surface area contributed by atoms with Crippen LogP contribution in [-0.4, -0.2) is 39.0 Å². The maximum absolute atomic E-state index is 12.6. The van der Waals surface area contributed by atoms with E-state index in [1.807, 2.05) is 10.8 Å². The van der Waals surface area contributed by atoms with Gasteiger partial charge in [0, 0.05) is 45.1 Å². The molecule has 0 spiro atoms. The van der Waals surface area contributed by atoms with Crippen LogP contribution >= 0.6 is 0 Å². The number of H-pyrrole nitrogens is 1. The van der Waals surface area contributed by atoms with Gasteiger partial charge in [0.15, 0.2) is 0 Å². The van der Waals surface area contributed by atoms with Gasteiger partial charge in [-0.1, -0.05) is 0 Å². The number of sulfonamides is 1. The van der Waals surface area contributed by atoms with E-state index in [0.29, 0.717) is 6.54 Å². The number of imidazole rings is 1. The van der Waals surface area contributed by atoms with E-state index >= 15 is 0 Å². The highest BCUT2D eigenvalue weighted by Crippen LogP contribution is 2.19. The average Bonchev–Trinajstić information content (AvgIpc) is 3.12. The number of fused-ring (bicyclic) bond motifs is 2. The molecule has 2 N–H and O–H groups in total. The Hall–Kier alpha value is -2.79. The van der Waals surface area contributed by atoms with Crippen LogP contribution in [0.15, 0.2) is 39.1 Å². The molecule has 0 aromatic carbocycles. The first-order valence-corrected chi connectivity index (χ1v) is 9.92. The molecule has 1 aliphatic rings. The van der Waals surface area contributed by atoms with Gasteiger partial charge < -0.3 is 4.57 Å². The number of nitrogens with one attached hydrogen (secondary N) is 2. The van der Waals surface area contributed by atoms with Crippen LogP contribution in [0, 0.1) is 5.92 Å². The lowest BCUT2D eigenvalue weighted by Gasteiger charge is -2.23. The topological polar surface area (TPSA) is 132 Å². The lowest BCUT2D eigenvalue weighted by molar-refractivity contribution is 0.363. The van der Waals surface area contributed by atoms with Gasteiger partial charge >= 0.3 is 5.69 Å². The first-order chi connectivity index (χ1) is 12.8. The highest BCUT2D eigenvalue weighted by atomic mass is 32.2. The van der Waals surface area contributed by atoms with Crippen molar-refractivity contribution in [3.8, 4) is 0 Å². The van der Waals surface area contributed by atoms with Crippen molar-refractivity contribution in [3.63, 3.8) is 0 Å². The molecule has 11 heteroatoms. The monoisotopic (exact) mass is 390 g/mol. The second-order valence-electron chi connectivity index (χ2n) is 6.61. The number of aromatic amines is 1. The fraction of sp³-hybridized carbons (Fsp3) is 0.375. The van der Waals surface area contributed by atoms with E-state index in [1.54, 1.807) is 6.20 Å². The van der Waals surface area contributed by atoms with Gasteiger partial charge in [-0.15, -0.1) is 0 Å². The van der Waals surface area contributed by atoms with E-state index in [1.165, 1.54) is 13.1 Å². The van der Waals surface area contributed by atoms with Gasteiger partial charge in [-0.25, -0.2) is 27.9 Å². The second-order valence-corrected chi connectivity index (χ2v) is 8.38. The van der Waals surface area contributed by atoms with E-state index in [0.717, 1.165) is 29.4 Å². The molecule has 10 nitrogen and oxygen atoms in total. The van der Waals surface area contributed by atoms with Crippen LogP contribution < -0.4 is 16.0 Å². The molecule has 0 bridgehead atoms. The van der Waals surface area contributed by atoms with Crippen molar-refractivity contribution in [1.82, 2.24) is 28.8 Å². The van der Waals surface area contributed by atoms with Gasteiger partial charge in [-0.2, -0.15) is 0 Å². The second kappa shape index (κ2) is 6.43. The molecule has 0 aliphatic carbocycles. The van der Waals surface area contributed by atoms with Gasteiger partial charge in [-0.05, 0) is 18.4 Å². The predicted octanol–water partition coefficient (Wildman–Crippen LogP) is -0.641. The quantitative estimate of drug-likeness (QED) is 0.609. The fourth-order valence-corrected chi connectivity index (χ4v) is 4.37. The molecule has 1 aliphatic heterocycles. The molecular formula is C16H18N6O4S. The maximum Gasteiger partial charge on any atom is 0.329 e. The summed E-state index contributed by atoms with van der Waals surface area (Å²) in [5.41, 5.74) is -1.15. The third-order valence-corrected chi connectivity index (χ3v) is 6.22. The first kappa shape index (κ1) is 17.6. The van der Waals surface area contributed by atoms with E-state index < -0.39 is 21.3 Å². The van der Waals surface area contributed by atoms with Gasteiger partial charge in [0.05, 0.1) is 5.39 Å². The van der Waals surface area contributed by atoms with Crippen LogP contribution in [0.5, 0.6) is 0 Å². The number of aryl methyl sites for hydroxylation is 2. The Morgan fingerprint density at radius 2 is 2.15 bits per heavy atom. The molecule has 3 aromatic heterocycles. The smallest absolute Gasteiger partial charge is 0.329 e. The average molecular weight is 390 g/mol. The van der Waals surface area contributed by atoms with Crippen LogP contribution in [0.2, 0.25) is 0 Å². The molecule has 142 valence electrons. The van der Waals surface area contributed by atoms with Crippen molar-refractivity contribution < 1.29 is 8.42 Å². The number of aromatic nitrogens is 5. The van der Waals surface area contributed by atoms with Crippen molar-refractivity contribution in [2.75, 3.05) is 6.54 Å². The molecule has 0 radical (unpaired) electrons. The molecule has 0 amide bonds. The summed E-state index contributed by atoms with van der Waals surface area (Å²) in [5, 5.41) is 0.0423. The lowest BCUT2D eigenvalue weighted by atomic mass is 10.00. The summed E-state index contributed by atoms with van der Waals surface area (Å²) in [6.45, 7) is 0.983. The number of hydrogen-bond acceptors (Lipinski definition) is 6. The Labute approximate surface area is 153 Å². The zero-order valence-corrected chi connectivity index (χ0v) is 15.4. The summed E-state index contributed by atoms with van der Waals surface area (Å²) < 4.78 is 31.0. The Balaban J connectivity index is 1.57. The van der Waals surface area contributed by atoms with E-state index in [4.69, 9.17) is 0 Å². The molecule has 0 fully saturated rings. The van der Waals surface area contributed by atoms with Crippen molar-refractivity contribution in [2.24, 2.45) is 13.0 Å². The largest absolute Gasteiger partial charge is 0.335 e. The molecule has 0 saturated heterocycles. The van der Waals surface area contributed by atoms with Gasteiger partial charge in [0.2, 0.25) is 10.0 Å². The Morgan fingerprint density at radius 3 is 2.96 bits per heavy atom. The minimum absolute atomic E-state index is 0.0423. The summed E-state index contributed by atoms with van der Waals surface area (Å²) in [5.74, 6) is 1.16. The fourth-order valence-electron chi connectivity index (χ4n) is 3.28. The lowest BCUT2D eigenvalue weighted by Crippen LogP contribution is -2.34. The van der Waals surface area contributed by atoms with Gasteiger partial charge in [0.1, 0.15) is 16.4 Å². The highest BCUT2D eigenvalue weighted by Gasteiger charge is 2.22.